The van der Waals surface area contributed by atoms with Gasteiger partial charge in [-0.15, -0.1) is 0 Å². The van der Waals surface area contributed by atoms with Gasteiger partial charge in [-0.1, -0.05) is 0 Å². The molecule has 0 bridgehead atoms. The fraction of sp³-hybridized carbons (Fsp3) is 0.480. The van der Waals surface area contributed by atoms with E-state index < -0.39 is 15.8 Å². The van der Waals surface area contributed by atoms with Gasteiger partial charge in [0.15, 0.2) is 5.82 Å². The molecule has 0 aliphatic carbocycles. The van der Waals surface area contributed by atoms with Gasteiger partial charge in [0.2, 0.25) is 16.0 Å². The highest BCUT2D eigenvalue weighted by Gasteiger charge is 2.29. The molecule has 3 aromatic rings. The number of rotatable bonds is 6. The van der Waals surface area contributed by atoms with Crippen molar-refractivity contribution < 1.29 is 17.5 Å². The van der Waals surface area contributed by atoms with Crippen LogP contribution in [0.2, 0.25) is 0 Å². The Hall–Kier alpha value is -2.93. The number of aromatic nitrogens is 4. The highest BCUT2D eigenvalue weighted by molar-refractivity contribution is 7.89. The van der Waals surface area contributed by atoms with E-state index >= 15 is 0 Å². The Morgan fingerprint density at radius 2 is 1.78 bits per heavy atom. The van der Waals surface area contributed by atoms with E-state index in [2.05, 4.69) is 25.2 Å². The number of piperazine rings is 1. The fourth-order valence-electron chi connectivity index (χ4n) is 4.95. The molecule has 5 rings (SSSR count). The molecule has 0 amide bonds. The Morgan fingerprint density at radius 3 is 2.49 bits per heavy atom. The summed E-state index contributed by atoms with van der Waals surface area (Å²) in [4.78, 5) is 15.4. The van der Waals surface area contributed by atoms with Gasteiger partial charge in [-0.25, -0.2) is 27.8 Å². The number of sulfonamides is 1. The maximum Gasteiger partial charge on any atom is 0.243 e. The number of anilines is 2. The predicted octanol–water partition coefficient (Wildman–Crippen LogP) is 3.13. The maximum absolute atomic E-state index is 14.9. The molecule has 2 aliphatic rings. The Kier molecular flexibility index (Phi) is 7.26. The van der Waals surface area contributed by atoms with E-state index in [1.54, 1.807) is 31.3 Å². The molecule has 1 aromatic carbocycles. The zero-order valence-electron chi connectivity index (χ0n) is 21.3. The average molecular weight is 530 g/mol. The van der Waals surface area contributed by atoms with Crippen LogP contribution in [0.25, 0.3) is 11.4 Å². The number of aryl methyl sites for hydroxylation is 2. The summed E-state index contributed by atoms with van der Waals surface area (Å²) in [5, 5.41) is 3.10. The van der Waals surface area contributed by atoms with Crippen LogP contribution in [-0.4, -0.2) is 83.6 Å². The molecule has 2 aromatic heterocycles. The molecule has 12 heteroatoms. The molecule has 1 N–H and O–H groups in total. The van der Waals surface area contributed by atoms with Crippen molar-refractivity contribution in [3.05, 3.63) is 47.8 Å². The summed E-state index contributed by atoms with van der Waals surface area (Å²) in [6, 6.07) is 5.18. The van der Waals surface area contributed by atoms with Crippen LogP contribution < -0.4 is 5.32 Å². The fourth-order valence-corrected chi connectivity index (χ4v) is 6.58. The Labute approximate surface area is 216 Å². The first-order chi connectivity index (χ1) is 17.7. The van der Waals surface area contributed by atoms with E-state index in [1.807, 2.05) is 18.5 Å². The minimum Gasteiger partial charge on any atom is -0.381 e. The van der Waals surface area contributed by atoms with Gasteiger partial charge in [-0.2, -0.15) is 4.31 Å². The van der Waals surface area contributed by atoms with Crippen molar-refractivity contribution in [1.82, 2.24) is 28.7 Å². The smallest absolute Gasteiger partial charge is 0.243 e. The van der Waals surface area contributed by atoms with E-state index in [0.29, 0.717) is 56.3 Å². The molecule has 0 spiro atoms. The van der Waals surface area contributed by atoms with Gasteiger partial charge in [-0.05, 0) is 57.5 Å². The monoisotopic (exact) mass is 529 g/mol. The molecule has 37 heavy (non-hydrogen) atoms. The average Bonchev–Trinajstić information content (AvgIpc) is 3.27. The van der Waals surface area contributed by atoms with Gasteiger partial charge in [0, 0.05) is 51.1 Å². The SMILES string of the molecule is Cc1cc(Nc2ncc(F)c(-c3cnc(C)n3C3CCOCC3)n2)ccc1S(=O)(=O)N1CCN(C)CC1. The molecule has 2 fully saturated rings. The van der Waals surface area contributed by atoms with Gasteiger partial charge >= 0.3 is 0 Å². The normalized spacial score (nSPS) is 18.3. The number of ether oxygens (including phenoxy) is 1. The van der Waals surface area contributed by atoms with Crippen molar-refractivity contribution in [1.29, 1.82) is 0 Å². The van der Waals surface area contributed by atoms with Crippen molar-refractivity contribution in [3.63, 3.8) is 0 Å². The lowest BCUT2D eigenvalue weighted by atomic mass is 10.1. The Balaban J connectivity index is 1.39. The summed E-state index contributed by atoms with van der Waals surface area (Å²) >= 11 is 0. The van der Waals surface area contributed by atoms with Gasteiger partial charge in [0.05, 0.1) is 23.0 Å². The first kappa shape index (κ1) is 25.7. The van der Waals surface area contributed by atoms with Crippen molar-refractivity contribution in [2.24, 2.45) is 0 Å². The third-order valence-corrected chi connectivity index (χ3v) is 9.09. The molecule has 10 nitrogen and oxygen atoms in total. The molecule has 2 aliphatic heterocycles. The summed E-state index contributed by atoms with van der Waals surface area (Å²) in [5.74, 6) is 0.466. The molecule has 198 valence electrons. The number of nitrogens with zero attached hydrogens (tertiary/aromatic N) is 6. The number of hydrogen-bond acceptors (Lipinski definition) is 8. The molecule has 0 radical (unpaired) electrons. The number of nitrogens with one attached hydrogen (secondary N) is 1. The molecular formula is C25H32FN7O3S. The maximum atomic E-state index is 14.9. The molecule has 4 heterocycles. The number of imidazole rings is 1. The van der Waals surface area contributed by atoms with Crippen molar-refractivity contribution in [2.75, 3.05) is 51.8 Å². The first-order valence-electron chi connectivity index (χ1n) is 12.4. The van der Waals surface area contributed by atoms with Crippen LogP contribution >= 0.6 is 0 Å². The van der Waals surface area contributed by atoms with E-state index in [4.69, 9.17) is 4.74 Å². The van der Waals surface area contributed by atoms with E-state index in [-0.39, 0.29) is 22.6 Å². The topological polar surface area (TPSA) is 105 Å². The Bertz CT molecular complexity index is 1380. The van der Waals surface area contributed by atoms with Crippen molar-refractivity contribution in [2.45, 2.75) is 37.6 Å². The van der Waals surface area contributed by atoms with Gasteiger partial charge in [-0.3, -0.25) is 0 Å². The highest BCUT2D eigenvalue weighted by atomic mass is 32.2. The Morgan fingerprint density at radius 1 is 1.05 bits per heavy atom. The second kappa shape index (κ2) is 10.4. The lowest BCUT2D eigenvalue weighted by molar-refractivity contribution is 0.0694. The lowest BCUT2D eigenvalue weighted by Gasteiger charge is -2.31. The van der Waals surface area contributed by atoms with Crippen LogP contribution in [-0.2, 0) is 14.8 Å². The number of hydrogen-bond donors (Lipinski definition) is 1. The summed E-state index contributed by atoms with van der Waals surface area (Å²) in [6.07, 6.45) is 4.43. The van der Waals surface area contributed by atoms with Gasteiger partial charge in [0.1, 0.15) is 11.5 Å². The number of halogens is 1. The summed E-state index contributed by atoms with van der Waals surface area (Å²) in [6.45, 7) is 7.31. The molecule has 0 atom stereocenters. The van der Waals surface area contributed by atoms with E-state index in [1.165, 1.54) is 4.31 Å². The van der Waals surface area contributed by atoms with Crippen LogP contribution in [0.1, 0.15) is 30.3 Å². The largest absolute Gasteiger partial charge is 0.381 e. The summed E-state index contributed by atoms with van der Waals surface area (Å²) in [5.41, 5.74) is 1.98. The van der Waals surface area contributed by atoms with E-state index in [9.17, 15) is 12.8 Å². The van der Waals surface area contributed by atoms with Crippen LogP contribution in [0, 0.1) is 19.7 Å². The minimum atomic E-state index is -3.59. The van der Waals surface area contributed by atoms with Crippen LogP contribution in [0.15, 0.2) is 35.5 Å². The highest BCUT2D eigenvalue weighted by Crippen LogP contribution is 2.31. The zero-order chi connectivity index (χ0) is 26.2. The van der Waals surface area contributed by atoms with Gasteiger partial charge < -0.3 is 19.5 Å². The number of benzene rings is 1. The summed E-state index contributed by atoms with van der Waals surface area (Å²) in [7, 11) is -1.60. The number of likely N-dealkylation sites (N-methyl/N-ethyl adjacent to an activating group) is 1. The molecule has 0 saturated carbocycles. The van der Waals surface area contributed by atoms with Crippen LogP contribution in [0.5, 0.6) is 0 Å². The molecule has 2 saturated heterocycles. The zero-order valence-corrected chi connectivity index (χ0v) is 22.1. The van der Waals surface area contributed by atoms with Crippen LogP contribution in [0.4, 0.5) is 16.0 Å². The predicted molar refractivity (Wildman–Crippen MR) is 138 cm³/mol. The van der Waals surface area contributed by atoms with Crippen molar-refractivity contribution in [3.8, 4) is 11.4 Å². The lowest BCUT2D eigenvalue weighted by Crippen LogP contribution is -2.47. The molecular weight excluding hydrogens is 497 g/mol. The minimum absolute atomic E-state index is 0.162. The standard InChI is InChI=1S/C25H32FN7O3S/c1-17-14-19(4-5-23(17)37(34,35)32-10-8-31(3)9-11-32)29-25-28-15-21(26)24(30-25)22-16-27-18(2)33(22)20-6-12-36-13-7-20/h4-5,14-16,20H,6-13H2,1-3H3,(H,28,29,30). The second-order valence-electron chi connectivity index (χ2n) is 9.61. The third kappa shape index (κ3) is 5.24. The summed E-state index contributed by atoms with van der Waals surface area (Å²) < 4.78 is 50.3. The molecule has 0 unspecified atom stereocenters. The van der Waals surface area contributed by atoms with Gasteiger partial charge in [0.25, 0.3) is 0 Å². The third-order valence-electron chi connectivity index (χ3n) is 7.04. The van der Waals surface area contributed by atoms with E-state index in [0.717, 1.165) is 24.9 Å². The quantitative estimate of drug-likeness (QED) is 0.519. The van der Waals surface area contributed by atoms with Crippen LogP contribution in [0.3, 0.4) is 0 Å². The second-order valence-corrected chi connectivity index (χ2v) is 11.5. The first-order valence-corrected chi connectivity index (χ1v) is 13.9. The van der Waals surface area contributed by atoms with Crippen molar-refractivity contribution >= 4 is 21.7 Å².